The molecule has 2 aromatic rings. The number of ketones is 1. The van der Waals surface area contributed by atoms with Gasteiger partial charge in [-0.05, 0) is 37.3 Å². The summed E-state index contributed by atoms with van der Waals surface area (Å²) in [6.45, 7) is 5.56. The van der Waals surface area contributed by atoms with Crippen LogP contribution in [-0.2, 0) is 24.7 Å². The number of aliphatic hydroxyl groups excluding tert-OH is 1. The van der Waals surface area contributed by atoms with Gasteiger partial charge in [0.05, 0.1) is 25.4 Å². The van der Waals surface area contributed by atoms with Gasteiger partial charge in [-0.1, -0.05) is 18.2 Å². The van der Waals surface area contributed by atoms with Crippen molar-refractivity contribution in [1.29, 1.82) is 0 Å². The van der Waals surface area contributed by atoms with Gasteiger partial charge in [0.2, 0.25) is 0 Å². The van der Waals surface area contributed by atoms with E-state index in [1.54, 1.807) is 55.6 Å². The van der Waals surface area contributed by atoms with Gasteiger partial charge < -0.3 is 24.4 Å². The Kier molecular flexibility index (Phi) is 6.27. The van der Waals surface area contributed by atoms with E-state index in [4.69, 9.17) is 9.47 Å². The first-order valence-corrected chi connectivity index (χ1v) is 12.1. The Morgan fingerprint density at radius 1 is 1.03 bits per heavy atom. The number of aliphatic hydroxyl groups is 1. The third-order valence-electron chi connectivity index (χ3n) is 7.12. The van der Waals surface area contributed by atoms with Crippen LogP contribution in [0.25, 0.3) is 5.76 Å². The summed E-state index contributed by atoms with van der Waals surface area (Å²) < 4.78 is 10.9. The minimum atomic E-state index is -1.74. The summed E-state index contributed by atoms with van der Waals surface area (Å²) in [6, 6.07) is 13.7. The maximum absolute atomic E-state index is 14.0. The smallest absolute Gasteiger partial charge is 0.296 e. The molecule has 1 atom stereocenters. The van der Waals surface area contributed by atoms with Crippen LogP contribution in [0.3, 0.4) is 0 Å². The normalized spacial score (nSPS) is 23.6. The maximum atomic E-state index is 14.0. The SMILES string of the molecule is CCOc1ccc(C(O)=C2C(=O)C(=O)N(CCN3CCOCC3)[C@@]23C(=O)N(C)c2ccccc23)cc1. The molecule has 188 valence electrons. The average Bonchev–Trinajstić information content (AvgIpc) is 3.26. The number of benzene rings is 2. The lowest BCUT2D eigenvalue weighted by molar-refractivity contribution is -0.144. The second-order valence-corrected chi connectivity index (χ2v) is 9.01. The van der Waals surface area contributed by atoms with E-state index in [-0.39, 0.29) is 17.9 Å². The van der Waals surface area contributed by atoms with Crippen LogP contribution in [0.4, 0.5) is 5.69 Å². The molecular formula is C27H29N3O6. The number of fused-ring (bicyclic) bond motifs is 2. The van der Waals surface area contributed by atoms with Crippen molar-refractivity contribution >= 4 is 29.0 Å². The first kappa shape index (κ1) is 24.0. The zero-order valence-corrected chi connectivity index (χ0v) is 20.4. The third-order valence-corrected chi connectivity index (χ3v) is 7.12. The number of rotatable bonds is 6. The van der Waals surface area contributed by atoms with Gasteiger partial charge in [-0.25, -0.2) is 0 Å². The van der Waals surface area contributed by atoms with Crippen molar-refractivity contribution in [2.24, 2.45) is 0 Å². The highest BCUT2D eigenvalue weighted by atomic mass is 16.5. The minimum absolute atomic E-state index is 0.151. The summed E-state index contributed by atoms with van der Waals surface area (Å²) in [6.07, 6.45) is 0. The van der Waals surface area contributed by atoms with Crippen molar-refractivity contribution in [3.63, 3.8) is 0 Å². The van der Waals surface area contributed by atoms with Crippen LogP contribution in [-0.4, -0.2) is 85.6 Å². The second kappa shape index (κ2) is 9.40. The Labute approximate surface area is 209 Å². The molecule has 2 aromatic carbocycles. The number of amides is 2. The molecule has 0 aliphatic carbocycles. The number of Topliss-reactive ketones (excluding diaryl/α,β-unsaturated/α-hetero) is 1. The molecule has 3 heterocycles. The Balaban J connectivity index is 1.66. The zero-order valence-electron chi connectivity index (χ0n) is 20.4. The van der Waals surface area contributed by atoms with Gasteiger partial charge >= 0.3 is 0 Å². The number of ether oxygens (including phenoxy) is 2. The Bertz CT molecular complexity index is 1230. The van der Waals surface area contributed by atoms with Crippen LogP contribution < -0.4 is 9.64 Å². The molecule has 1 N–H and O–H groups in total. The summed E-state index contributed by atoms with van der Waals surface area (Å²) in [5.41, 5.74) is -0.525. The fraction of sp³-hybridized carbons (Fsp3) is 0.370. The Morgan fingerprint density at radius 3 is 2.42 bits per heavy atom. The number of carbonyl (C=O) groups excluding carboxylic acids is 3. The first-order chi connectivity index (χ1) is 17.4. The fourth-order valence-electron chi connectivity index (χ4n) is 5.36. The molecule has 1 spiro atoms. The molecule has 2 fully saturated rings. The van der Waals surface area contributed by atoms with Gasteiger partial charge in [-0.3, -0.25) is 19.3 Å². The van der Waals surface area contributed by atoms with Crippen molar-refractivity contribution in [1.82, 2.24) is 9.80 Å². The maximum Gasteiger partial charge on any atom is 0.296 e. The number of para-hydroxylation sites is 1. The van der Waals surface area contributed by atoms with Gasteiger partial charge in [0, 0.05) is 50.0 Å². The topological polar surface area (TPSA) is 99.6 Å². The molecular weight excluding hydrogens is 462 g/mol. The fourth-order valence-corrected chi connectivity index (χ4v) is 5.36. The molecule has 5 rings (SSSR count). The lowest BCUT2D eigenvalue weighted by Gasteiger charge is -2.36. The monoisotopic (exact) mass is 491 g/mol. The van der Waals surface area contributed by atoms with Crippen LogP contribution in [0.1, 0.15) is 18.1 Å². The van der Waals surface area contributed by atoms with Gasteiger partial charge in [-0.2, -0.15) is 0 Å². The van der Waals surface area contributed by atoms with E-state index >= 15 is 0 Å². The van der Waals surface area contributed by atoms with Crippen molar-refractivity contribution in [2.75, 3.05) is 57.9 Å². The molecule has 9 heteroatoms. The third kappa shape index (κ3) is 3.58. The lowest BCUT2D eigenvalue weighted by Crippen LogP contribution is -2.53. The molecule has 36 heavy (non-hydrogen) atoms. The van der Waals surface area contributed by atoms with Crippen molar-refractivity contribution in [3.05, 3.63) is 65.2 Å². The predicted molar refractivity (Wildman–Crippen MR) is 133 cm³/mol. The second-order valence-electron chi connectivity index (χ2n) is 9.01. The number of likely N-dealkylation sites (tertiary alicyclic amines) is 1. The van der Waals surface area contributed by atoms with Crippen molar-refractivity contribution < 1.29 is 29.0 Å². The molecule has 0 radical (unpaired) electrons. The minimum Gasteiger partial charge on any atom is -0.507 e. The summed E-state index contributed by atoms with van der Waals surface area (Å²) in [5, 5.41) is 11.5. The van der Waals surface area contributed by atoms with Gasteiger partial charge in [-0.15, -0.1) is 0 Å². The summed E-state index contributed by atoms with van der Waals surface area (Å²) >= 11 is 0. The van der Waals surface area contributed by atoms with E-state index in [0.29, 0.717) is 62.0 Å². The average molecular weight is 492 g/mol. The number of carbonyl (C=O) groups is 3. The molecule has 3 aliphatic heterocycles. The van der Waals surface area contributed by atoms with Crippen molar-refractivity contribution in [3.8, 4) is 5.75 Å². The Morgan fingerprint density at radius 2 is 1.72 bits per heavy atom. The van der Waals surface area contributed by atoms with E-state index < -0.39 is 23.1 Å². The van der Waals surface area contributed by atoms with Gasteiger partial charge in [0.1, 0.15) is 11.5 Å². The van der Waals surface area contributed by atoms with Crippen LogP contribution in [0.2, 0.25) is 0 Å². The molecule has 0 bridgehead atoms. The summed E-state index contributed by atoms with van der Waals surface area (Å²) in [7, 11) is 1.62. The number of hydrogen-bond donors (Lipinski definition) is 1. The quantitative estimate of drug-likeness (QED) is 0.375. The van der Waals surface area contributed by atoms with E-state index in [1.165, 1.54) is 9.80 Å². The van der Waals surface area contributed by atoms with Crippen LogP contribution in [0, 0.1) is 0 Å². The highest BCUT2D eigenvalue weighted by Crippen LogP contribution is 2.53. The van der Waals surface area contributed by atoms with Gasteiger partial charge in [0.25, 0.3) is 17.6 Å². The molecule has 0 aromatic heterocycles. The highest BCUT2D eigenvalue weighted by molar-refractivity contribution is 6.50. The standard InChI is InChI=1S/C27H29N3O6/c1-3-36-19-10-8-18(9-11-19)23(31)22-24(32)25(33)30(13-12-29-14-16-35-17-15-29)27(22)20-6-4-5-7-21(20)28(2)26(27)34/h4-11,31H,3,12-17H2,1-2H3/t27-/m1/s1. The first-order valence-electron chi connectivity index (χ1n) is 12.1. The number of anilines is 1. The Hall–Kier alpha value is -3.69. The number of morpholine rings is 1. The summed E-state index contributed by atoms with van der Waals surface area (Å²) in [5.74, 6) is -1.89. The molecule has 2 amide bonds. The molecule has 2 saturated heterocycles. The number of nitrogens with zero attached hydrogens (tertiary/aromatic N) is 3. The molecule has 9 nitrogen and oxygen atoms in total. The summed E-state index contributed by atoms with van der Waals surface area (Å²) in [4.78, 5) is 46.0. The van der Waals surface area contributed by atoms with E-state index in [2.05, 4.69) is 4.90 Å². The zero-order chi connectivity index (χ0) is 25.4. The largest absolute Gasteiger partial charge is 0.507 e. The number of hydrogen-bond acceptors (Lipinski definition) is 7. The van der Waals surface area contributed by atoms with E-state index in [0.717, 1.165) is 0 Å². The highest BCUT2D eigenvalue weighted by Gasteiger charge is 2.66. The van der Waals surface area contributed by atoms with Crippen LogP contribution in [0.15, 0.2) is 54.1 Å². The molecule has 3 aliphatic rings. The molecule has 0 unspecified atom stereocenters. The van der Waals surface area contributed by atoms with Crippen LogP contribution in [0.5, 0.6) is 5.75 Å². The predicted octanol–water partition coefficient (Wildman–Crippen LogP) is 1.97. The van der Waals surface area contributed by atoms with Crippen molar-refractivity contribution in [2.45, 2.75) is 12.5 Å². The lowest BCUT2D eigenvalue weighted by atomic mass is 9.82. The number of likely N-dealkylation sites (N-methyl/N-ethyl adjacent to an activating group) is 1. The molecule has 0 saturated carbocycles. The van der Waals surface area contributed by atoms with Gasteiger partial charge in [0.15, 0.2) is 5.54 Å². The van der Waals surface area contributed by atoms with E-state index in [9.17, 15) is 19.5 Å². The van der Waals surface area contributed by atoms with E-state index in [1.807, 2.05) is 6.92 Å². The van der Waals surface area contributed by atoms with Crippen LogP contribution >= 0.6 is 0 Å².